The predicted molar refractivity (Wildman–Crippen MR) is 103 cm³/mol. The first-order chi connectivity index (χ1) is 12.6. The number of piperazine rings is 3. The van der Waals surface area contributed by atoms with E-state index in [2.05, 4.69) is 38.7 Å². The first kappa shape index (κ1) is 17.7. The van der Waals surface area contributed by atoms with E-state index in [0.717, 1.165) is 76.8 Å². The zero-order valence-electron chi connectivity index (χ0n) is 16.0. The second-order valence-electron chi connectivity index (χ2n) is 7.90. The van der Waals surface area contributed by atoms with Crippen LogP contribution >= 0.6 is 0 Å². The summed E-state index contributed by atoms with van der Waals surface area (Å²) in [6.45, 7) is 9.98. The predicted octanol–water partition coefficient (Wildman–Crippen LogP) is -0.0948. The van der Waals surface area contributed by atoms with E-state index in [1.165, 1.54) is 0 Å². The lowest BCUT2D eigenvalue weighted by atomic mass is 10.1. The fourth-order valence-electron chi connectivity index (χ4n) is 4.24. The molecule has 7 heteroatoms. The Bertz CT molecular complexity index is 645. The largest absolute Gasteiger partial charge is 0.354 e. The standard InChI is InChI=1S/C19H30N6O/c1-21-5-9-24(10-6-21)19(26)16-3-4-20-18(13-16)25-12-11-23-8-7-22(2)14-17(23)15-25/h3-4,13,17H,5-12,14-15H2,1-2H3. The van der Waals surface area contributed by atoms with Crippen molar-refractivity contribution in [1.82, 2.24) is 24.6 Å². The van der Waals surface area contributed by atoms with Gasteiger partial charge in [-0.25, -0.2) is 4.98 Å². The average Bonchev–Trinajstić information content (AvgIpc) is 2.67. The quantitative estimate of drug-likeness (QED) is 0.736. The molecule has 1 atom stereocenters. The van der Waals surface area contributed by atoms with E-state index in [9.17, 15) is 4.79 Å². The van der Waals surface area contributed by atoms with E-state index < -0.39 is 0 Å². The van der Waals surface area contributed by atoms with Crippen LogP contribution in [0.5, 0.6) is 0 Å². The van der Waals surface area contributed by atoms with Gasteiger partial charge in [0.05, 0.1) is 0 Å². The van der Waals surface area contributed by atoms with E-state index in [1.54, 1.807) is 6.20 Å². The SMILES string of the molecule is CN1CCN(C(=O)c2ccnc(N3CCN4CCN(C)CC4C3)c2)CC1. The molecule has 0 bridgehead atoms. The van der Waals surface area contributed by atoms with Gasteiger partial charge >= 0.3 is 0 Å². The summed E-state index contributed by atoms with van der Waals surface area (Å²) in [6, 6.07) is 4.40. The summed E-state index contributed by atoms with van der Waals surface area (Å²) in [5.41, 5.74) is 0.766. The fourth-order valence-corrected chi connectivity index (χ4v) is 4.24. The van der Waals surface area contributed by atoms with Gasteiger partial charge in [-0.05, 0) is 26.2 Å². The van der Waals surface area contributed by atoms with Crippen molar-refractivity contribution in [1.29, 1.82) is 0 Å². The third-order valence-corrected chi connectivity index (χ3v) is 6.00. The number of hydrogen-bond donors (Lipinski definition) is 0. The molecular formula is C19H30N6O. The first-order valence-corrected chi connectivity index (χ1v) is 9.71. The van der Waals surface area contributed by atoms with Gasteiger partial charge in [0.15, 0.2) is 0 Å². The van der Waals surface area contributed by atoms with Gasteiger partial charge in [0, 0.05) is 83.2 Å². The van der Waals surface area contributed by atoms with Crippen molar-refractivity contribution in [3.63, 3.8) is 0 Å². The van der Waals surface area contributed by atoms with Crippen LogP contribution in [0.4, 0.5) is 5.82 Å². The Kier molecular flexibility index (Phi) is 5.11. The maximum atomic E-state index is 12.9. The molecule has 0 aromatic carbocycles. The fraction of sp³-hybridized carbons (Fsp3) is 0.684. The minimum atomic E-state index is 0.137. The molecule has 26 heavy (non-hydrogen) atoms. The summed E-state index contributed by atoms with van der Waals surface area (Å²) in [7, 11) is 4.30. The number of carbonyl (C=O) groups excluding carboxylic acids is 1. The maximum absolute atomic E-state index is 12.9. The summed E-state index contributed by atoms with van der Waals surface area (Å²) in [5, 5.41) is 0. The minimum absolute atomic E-state index is 0.137. The number of carbonyl (C=O) groups is 1. The number of pyridine rings is 1. The Balaban J connectivity index is 1.45. The van der Waals surface area contributed by atoms with Gasteiger partial charge < -0.3 is 19.6 Å². The number of anilines is 1. The Morgan fingerprint density at radius 1 is 0.962 bits per heavy atom. The number of hydrogen-bond acceptors (Lipinski definition) is 6. The molecule has 0 spiro atoms. The van der Waals surface area contributed by atoms with Crippen LogP contribution < -0.4 is 4.90 Å². The van der Waals surface area contributed by atoms with Crippen molar-refractivity contribution < 1.29 is 4.79 Å². The number of likely N-dealkylation sites (N-methyl/N-ethyl adjacent to an activating group) is 2. The molecule has 1 unspecified atom stereocenters. The molecule has 3 fully saturated rings. The maximum Gasteiger partial charge on any atom is 0.254 e. The molecule has 0 N–H and O–H groups in total. The number of amides is 1. The van der Waals surface area contributed by atoms with Gasteiger partial charge in [0.25, 0.3) is 5.91 Å². The number of rotatable bonds is 2. The normalized spacial score (nSPS) is 26.0. The van der Waals surface area contributed by atoms with Crippen LogP contribution in [0, 0.1) is 0 Å². The van der Waals surface area contributed by atoms with Gasteiger partial charge in [0.1, 0.15) is 5.82 Å². The molecule has 1 aromatic rings. The van der Waals surface area contributed by atoms with Crippen molar-refractivity contribution >= 4 is 11.7 Å². The van der Waals surface area contributed by atoms with E-state index in [4.69, 9.17) is 0 Å². The molecule has 4 rings (SSSR count). The average molecular weight is 358 g/mol. The molecular weight excluding hydrogens is 328 g/mol. The molecule has 7 nitrogen and oxygen atoms in total. The van der Waals surface area contributed by atoms with Gasteiger partial charge in [-0.2, -0.15) is 0 Å². The van der Waals surface area contributed by atoms with Crippen LogP contribution in [0.2, 0.25) is 0 Å². The summed E-state index contributed by atoms with van der Waals surface area (Å²) < 4.78 is 0. The van der Waals surface area contributed by atoms with Gasteiger partial charge in [0.2, 0.25) is 0 Å². The monoisotopic (exact) mass is 358 g/mol. The number of fused-ring (bicyclic) bond motifs is 1. The molecule has 0 saturated carbocycles. The highest BCUT2D eigenvalue weighted by atomic mass is 16.2. The molecule has 142 valence electrons. The van der Waals surface area contributed by atoms with Crippen molar-refractivity contribution in [3.8, 4) is 0 Å². The highest BCUT2D eigenvalue weighted by Gasteiger charge is 2.31. The Morgan fingerprint density at radius 3 is 2.50 bits per heavy atom. The van der Waals surface area contributed by atoms with Gasteiger partial charge in [-0.15, -0.1) is 0 Å². The molecule has 3 saturated heterocycles. The third kappa shape index (κ3) is 3.70. The third-order valence-electron chi connectivity index (χ3n) is 6.00. The van der Waals surface area contributed by atoms with Crippen molar-refractivity contribution in [3.05, 3.63) is 23.9 Å². The van der Waals surface area contributed by atoms with E-state index in [-0.39, 0.29) is 5.91 Å². The van der Waals surface area contributed by atoms with E-state index in [0.29, 0.717) is 6.04 Å². The first-order valence-electron chi connectivity index (χ1n) is 9.71. The van der Waals surface area contributed by atoms with Crippen LogP contribution in [-0.2, 0) is 0 Å². The molecule has 3 aliphatic rings. The number of nitrogens with zero attached hydrogens (tertiary/aromatic N) is 6. The highest BCUT2D eigenvalue weighted by Crippen LogP contribution is 2.21. The second kappa shape index (κ2) is 7.50. The number of aromatic nitrogens is 1. The molecule has 1 amide bonds. The summed E-state index contributed by atoms with van der Waals surface area (Å²) in [6.07, 6.45) is 1.79. The van der Waals surface area contributed by atoms with Crippen molar-refractivity contribution in [2.75, 3.05) is 84.4 Å². The molecule has 0 radical (unpaired) electrons. The van der Waals surface area contributed by atoms with Crippen molar-refractivity contribution in [2.45, 2.75) is 6.04 Å². The van der Waals surface area contributed by atoms with Crippen LogP contribution in [0.1, 0.15) is 10.4 Å². The highest BCUT2D eigenvalue weighted by molar-refractivity contribution is 5.95. The topological polar surface area (TPSA) is 46.2 Å². The minimum Gasteiger partial charge on any atom is -0.354 e. The Labute approximate surface area is 156 Å². The van der Waals surface area contributed by atoms with Crippen molar-refractivity contribution in [2.24, 2.45) is 0 Å². The lowest BCUT2D eigenvalue weighted by molar-refractivity contribution is 0.0664. The zero-order valence-corrected chi connectivity index (χ0v) is 16.0. The Morgan fingerprint density at radius 2 is 1.69 bits per heavy atom. The second-order valence-corrected chi connectivity index (χ2v) is 7.90. The van der Waals surface area contributed by atoms with Crippen LogP contribution in [-0.4, -0.2) is 116 Å². The smallest absolute Gasteiger partial charge is 0.254 e. The van der Waals surface area contributed by atoms with Crippen LogP contribution in [0.3, 0.4) is 0 Å². The van der Waals surface area contributed by atoms with Crippen LogP contribution in [0.15, 0.2) is 18.3 Å². The molecule has 0 aliphatic carbocycles. The lowest BCUT2D eigenvalue weighted by Gasteiger charge is -2.46. The molecule has 4 heterocycles. The Hall–Kier alpha value is -1.70. The van der Waals surface area contributed by atoms with E-state index >= 15 is 0 Å². The summed E-state index contributed by atoms with van der Waals surface area (Å²) in [5.74, 6) is 1.08. The van der Waals surface area contributed by atoms with Gasteiger partial charge in [-0.3, -0.25) is 9.69 Å². The van der Waals surface area contributed by atoms with Gasteiger partial charge in [-0.1, -0.05) is 0 Å². The lowest BCUT2D eigenvalue weighted by Crippen LogP contribution is -2.61. The molecule has 3 aliphatic heterocycles. The van der Waals surface area contributed by atoms with Crippen LogP contribution in [0.25, 0.3) is 0 Å². The van der Waals surface area contributed by atoms with E-state index in [1.807, 2.05) is 17.0 Å². The summed E-state index contributed by atoms with van der Waals surface area (Å²) in [4.78, 5) is 29.0. The summed E-state index contributed by atoms with van der Waals surface area (Å²) >= 11 is 0. The molecule has 1 aromatic heterocycles. The zero-order chi connectivity index (χ0) is 18.1.